The predicted molar refractivity (Wildman–Crippen MR) is 42.4 cm³/mol. The van der Waals surface area contributed by atoms with Crippen LogP contribution in [0, 0.1) is 0 Å². The number of aliphatic hydroxyl groups excluding tert-OH is 2. The first kappa shape index (κ1) is 8.04. The molecule has 0 aromatic rings. The van der Waals surface area contributed by atoms with Crippen molar-refractivity contribution < 1.29 is 10.2 Å². The number of aliphatic imine (C=N–C) groups is 1. The second kappa shape index (κ2) is 3.37. The van der Waals surface area contributed by atoms with Crippen molar-refractivity contribution in [3.05, 3.63) is 0 Å². The SMILES string of the molecule is CC1=NC(C(O)CO)CS1. The summed E-state index contributed by atoms with van der Waals surface area (Å²) in [6.07, 6.45) is -0.676. The molecule has 1 aliphatic heterocycles. The van der Waals surface area contributed by atoms with Crippen LogP contribution in [0.1, 0.15) is 6.92 Å². The van der Waals surface area contributed by atoms with Crippen molar-refractivity contribution in [1.82, 2.24) is 0 Å². The summed E-state index contributed by atoms with van der Waals surface area (Å²) < 4.78 is 0. The van der Waals surface area contributed by atoms with Gasteiger partial charge in [0.15, 0.2) is 0 Å². The van der Waals surface area contributed by atoms with Gasteiger partial charge in [-0.05, 0) is 6.92 Å². The Kier molecular flexibility index (Phi) is 2.71. The van der Waals surface area contributed by atoms with Crippen LogP contribution < -0.4 is 0 Å². The summed E-state index contributed by atoms with van der Waals surface area (Å²) in [6, 6.07) is -0.0880. The van der Waals surface area contributed by atoms with E-state index < -0.39 is 6.10 Å². The van der Waals surface area contributed by atoms with Crippen molar-refractivity contribution in [2.24, 2.45) is 4.99 Å². The smallest absolute Gasteiger partial charge is 0.100 e. The zero-order valence-corrected chi connectivity index (χ0v) is 6.64. The average molecular weight is 161 g/mol. The lowest BCUT2D eigenvalue weighted by Gasteiger charge is -2.10. The molecule has 0 saturated heterocycles. The summed E-state index contributed by atoms with van der Waals surface area (Å²) in [4.78, 5) is 4.13. The van der Waals surface area contributed by atoms with Crippen molar-refractivity contribution in [3.8, 4) is 0 Å². The number of hydrogen-bond donors (Lipinski definition) is 2. The molecular weight excluding hydrogens is 150 g/mol. The highest BCUT2D eigenvalue weighted by Gasteiger charge is 2.22. The molecule has 1 rings (SSSR count). The van der Waals surface area contributed by atoms with Crippen molar-refractivity contribution in [2.45, 2.75) is 19.1 Å². The number of rotatable bonds is 2. The van der Waals surface area contributed by atoms with Gasteiger partial charge < -0.3 is 10.2 Å². The third kappa shape index (κ3) is 1.71. The van der Waals surface area contributed by atoms with Gasteiger partial charge in [-0.2, -0.15) is 0 Å². The maximum atomic E-state index is 9.11. The predicted octanol–water partition coefficient (Wildman–Crippen LogP) is -0.127. The summed E-state index contributed by atoms with van der Waals surface area (Å²) >= 11 is 1.63. The highest BCUT2D eigenvalue weighted by atomic mass is 32.2. The summed E-state index contributed by atoms with van der Waals surface area (Å²) in [5.41, 5.74) is 0. The van der Waals surface area contributed by atoms with Crippen molar-refractivity contribution >= 4 is 16.8 Å². The number of thioether (sulfide) groups is 1. The Morgan fingerprint density at radius 2 is 2.60 bits per heavy atom. The van der Waals surface area contributed by atoms with Crippen LogP contribution in [-0.4, -0.2) is 39.8 Å². The molecule has 58 valence electrons. The van der Waals surface area contributed by atoms with Crippen LogP contribution in [-0.2, 0) is 0 Å². The minimum atomic E-state index is -0.676. The summed E-state index contributed by atoms with van der Waals surface area (Å²) in [7, 11) is 0. The third-order valence-corrected chi connectivity index (χ3v) is 2.47. The second-order valence-corrected chi connectivity index (χ2v) is 3.49. The normalized spacial score (nSPS) is 28.3. The molecule has 1 heterocycles. The van der Waals surface area contributed by atoms with Crippen LogP contribution in [0.3, 0.4) is 0 Å². The Morgan fingerprint density at radius 1 is 1.90 bits per heavy atom. The zero-order valence-electron chi connectivity index (χ0n) is 5.82. The lowest BCUT2D eigenvalue weighted by Crippen LogP contribution is -2.27. The lowest BCUT2D eigenvalue weighted by molar-refractivity contribution is 0.0812. The van der Waals surface area contributed by atoms with Gasteiger partial charge in [0.05, 0.1) is 17.7 Å². The van der Waals surface area contributed by atoms with E-state index >= 15 is 0 Å². The average Bonchev–Trinajstić information content (AvgIpc) is 2.34. The van der Waals surface area contributed by atoms with E-state index in [1.807, 2.05) is 6.92 Å². The molecule has 0 amide bonds. The molecule has 2 N–H and O–H groups in total. The van der Waals surface area contributed by atoms with Crippen LogP contribution in [0.4, 0.5) is 0 Å². The fraction of sp³-hybridized carbons (Fsp3) is 0.833. The Balaban J connectivity index is 2.44. The molecule has 1 aliphatic rings. The molecule has 0 aromatic heterocycles. The van der Waals surface area contributed by atoms with Gasteiger partial charge in [0.25, 0.3) is 0 Å². The molecule has 0 aromatic carbocycles. The van der Waals surface area contributed by atoms with E-state index in [1.165, 1.54) is 0 Å². The molecule has 0 radical (unpaired) electrons. The first-order valence-corrected chi connectivity index (χ1v) is 4.18. The van der Waals surface area contributed by atoms with Gasteiger partial charge in [-0.1, -0.05) is 0 Å². The van der Waals surface area contributed by atoms with Crippen molar-refractivity contribution in [3.63, 3.8) is 0 Å². The van der Waals surface area contributed by atoms with E-state index in [0.717, 1.165) is 10.8 Å². The monoisotopic (exact) mass is 161 g/mol. The Hall–Kier alpha value is -0.0600. The van der Waals surface area contributed by atoms with E-state index in [0.29, 0.717) is 0 Å². The maximum Gasteiger partial charge on any atom is 0.100 e. The highest BCUT2D eigenvalue weighted by molar-refractivity contribution is 8.14. The largest absolute Gasteiger partial charge is 0.394 e. The molecular formula is C6H11NO2S. The molecule has 0 bridgehead atoms. The van der Waals surface area contributed by atoms with Crippen molar-refractivity contribution in [1.29, 1.82) is 0 Å². The maximum absolute atomic E-state index is 9.11. The Labute approximate surface area is 64.2 Å². The molecule has 4 heteroatoms. The van der Waals surface area contributed by atoms with E-state index in [2.05, 4.69) is 4.99 Å². The molecule has 0 saturated carbocycles. The van der Waals surface area contributed by atoms with Crippen LogP contribution >= 0.6 is 11.8 Å². The van der Waals surface area contributed by atoms with Gasteiger partial charge in [-0.3, -0.25) is 4.99 Å². The van der Waals surface area contributed by atoms with E-state index in [9.17, 15) is 0 Å². The van der Waals surface area contributed by atoms with Gasteiger partial charge in [0.2, 0.25) is 0 Å². The molecule has 2 atom stereocenters. The Morgan fingerprint density at radius 3 is 3.00 bits per heavy atom. The fourth-order valence-corrected chi connectivity index (χ4v) is 1.75. The molecule has 2 unspecified atom stereocenters. The van der Waals surface area contributed by atoms with Crippen LogP contribution in [0.2, 0.25) is 0 Å². The molecule has 0 spiro atoms. The second-order valence-electron chi connectivity index (χ2n) is 2.28. The topological polar surface area (TPSA) is 52.8 Å². The van der Waals surface area contributed by atoms with Crippen LogP contribution in [0.5, 0.6) is 0 Å². The summed E-state index contributed by atoms with van der Waals surface area (Å²) in [5.74, 6) is 0.799. The van der Waals surface area contributed by atoms with Gasteiger partial charge in [0.1, 0.15) is 6.10 Å². The highest BCUT2D eigenvalue weighted by Crippen LogP contribution is 2.19. The van der Waals surface area contributed by atoms with E-state index in [1.54, 1.807) is 11.8 Å². The zero-order chi connectivity index (χ0) is 7.56. The molecule has 0 fully saturated rings. The third-order valence-electron chi connectivity index (χ3n) is 1.44. The van der Waals surface area contributed by atoms with Gasteiger partial charge in [0, 0.05) is 5.75 Å². The van der Waals surface area contributed by atoms with Crippen LogP contribution in [0.25, 0.3) is 0 Å². The lowest BCUT2D eigenvalue weighted by atomic mass is 10.2. The van der Waals surface area contributed by atoms with E-state index in [4.69, 9.17) is 10.2 Å². The summed E-state index contributed by atoms with van der Waals surface area (Å²) in [5, 5.41) is 18.7. The number of hydrogen-bond acceptors (Lipinski definition) is 4. The molecule has 3 nitrogen and oxygen atoms in total. The summed E-state index contributed by atoms with van der Waals surface area (Å²) in [6.45, 7) is 1.72. The van der Waals surface area contributed by atoms with Crippen LogP contribution in [0.15, 0.2) is 4.99 Å². The quantitative estimate of drug-likeness (QED) is 0.593. The number of nitrogens with zero attached hydrogens (tertiary/aromatic N) is 1. The molecule has 0 aliphatic carbocycles. The van der Waals surface area contributed by atoms with Gasteiger partial charge in [-0.25, -0.2) is 0 Å². The van der Waals surface area contributed by atoms with Crippen molar-refractivity contribution in [2.75, 3.05) is 12.4 Å². The fourth-order valence-electron chi connectivity index (χ4n) is 0.833. The minimum absolute atomic E-state index is 0.0880. The first-order chi connectivity index (χ1) is 4.74. The standard InChI is InChI=1S/C6H11NO2S/c1-4-7-5(3-10-4)6(9)2-8/h5-6,8-9H,2-3H2,1H3. The minimum Gasteiger partial charge on any atom is -0.394 e. The van der Waals surface area contributed by atoms with Gasteiger partial charge in [-0.15, -0.1) is 11.8 Å². The first-order valence-electron chi connectivity index (χ1n) is 3.20. The van der Waals surface area contributed by atoms with E-state index in [-0.39, 0.29) is 12.6 Å². The van der Waals surface area contributed by atoms with Gasteiger partial charge >= 0.3 is 0 Å². The number of aliphatic hydroxyl groups is 2. The Bertz CT molecular complexity index is 149. The molecule has 10 heavy (non-hydrogen) atoms.